The van der Waals surface area contributed by atoms with Gasteiger partial charge in [-0.15, -0.1) is 0 Å². The van der Waals surface area contributed by atoms with Crippen LogP contribution in [0.15, 0.2) is 35.1 Å². The Bertz CT molecular complexity index is 699. The van der Waals surface area contributed by atoms with Crippen LogP contribution in [0, 0.1) is 0 Å². The summed E-state index contributed by atoms with van der Waals surface area (Å²) >= 11 is 0. The van der Waals surface area contributed by atoms with E-state index in [2.05, 4.69) is 15.1 Å². The molecule has 17 heavy (non-hydrogen) atoms. The van der Waals surface area contributed by atoms with Gasteiger partial charge in [0.2, 0.25) is 0 Å². The van der Waals surface area contributed by atoms with Crippen molar-refractivity contribution in [1.82, 2.24) is 15.1 Å². The third-order valence-corrected chi connectivity index (χ3v) is 2.44. The van der Waals surface area contributed by atoms with Crippen LogP contribution in [0.25, 0.3) is 22.4 Å². The van der Waals surface area contributed by atoms with Crippen LogP contribution in [0.5, 0.6) is 0 Å². The average molecular weight is 229 g/mol. The number of imidazole rings is 1. The van der Waals surface area contributed by atoms with Gasteiger partial charge in [0, 0.05) is 11.6 Å². The van der Waals surface area contributed by atoms with E-state index in [1.54, 1.807) is 12.4 Å². The molecule has 84 valence electrons. The van der Waals surface area contributed by atoms with Crippen LogP contribution in [0.2, 0.25) is 0 Å². The van der Waals surface area contributed by atoms with Gasteiger partial charge in [-0.3, -0.25) is 0 Å². The van der Waals surface area contributed by atoms with E-state index in [1.807, 2.05) is 12.1 Å². The van der Waals surface area contributed by atoms with Gasteiger partial charge in [-0.25, -0.2) is 9.78 Å². The van der Waals surface area contributed by atoms with E-state index in [4.69, 9.17) is 9.63 Å². The molecule has 0 radical (unpaired) electrons. The van der Waals surface area contributed by atoms with Gasteiger partial charge in [0.1, 0.15) is 0 Å². The van der Waals surface area contributed by atoms with E-state index in [-0.39, 0.29) is 5.69 Å². The Kier molecular flexibility index (Phi) is 1.94. The Labute approximate surface area is 94.9 Å². The highest BCUT2D eigenvalue weighted by molar-refractivity contribution is 5.92. The lowest BCUT2D eigenvalue weighted by Gasteiger charge is -1.95. The molecular formula is C11H7N3O3. The molecule has 0 unspecified atom stereocenters. The Morgan fingerprint density at radius 3 is 3.06 bits per heavy atom. The first-order chi connectivity index (χ1) is 8.25. The molecule has 2 aromatic heterocycles. The molecule has 2 N–H and O–H groups in total. The number of carboxylic acids is 1. The number of benzene rings is 1. The number of nitrogens with one attached hydrogen (secondary N) is 1. The monoisotopic (exact) mass is 229 g/mol. The molecule has 6 nitrogen and oxygen atoms in total. The van der Waals surface area contributed by atoms with Crippen molar-refractivity contribution in [2.45, 2.75) is 0 Å². The Hall–Kier alpha value is -2.63. The van der Waals surface area contributed by atoms with Crippen LogP contribution in [0.4, 0.5) is 0 Å². The normalized spacial score (nSPS) is 10.8. The third kappa shape index (κ3) is 1.46. The maximum Gasteiger partial charge on any atom is 0.358 e. The second kappa shape index (κ2) is 3.44. The Morgan fingerprint density at radius 2 is 2.29 bits per heavy atom. The number of aromatic nitrogens is 3. The molecule has 0 aliphatic carbocycles. The lowest BCUT2D eigenvalue weighted by Crippen LogP contribution is -1.94. The number of nitrogens with zero attached hydrogens (tertiary/aromatic N) is 2. The van der Waals surface area contributed by atoms with Gasteiger partial charge in [-0.1, -0.05) is 11.2 Å². The number of aromatic amines is 1. The maximum absolute atomic E-state index is 10.7. The van der Waals surface area contributed by atoms with Crippen LogP contribution in [-0.4, -0.2) is 26.2 Å². The van der Waals surface area contributed by atoms with Crippen molar-refractivity contribution < 1.29 is 14.4 Å². The van der Waals surface area contributed by atoms with Gasteiger partial charge in [-0.2, -0.15) is 0 Å². The number of carboxylic acid groups (broad SMARTS) is 1. The van der Waals surface area contributed by atoms with E-state index >= 15 is 0 Å². The molecule has 0 bridgehead atoms. The van der Waals surface area contributed by atoms with E-state index in [0.29, 0.717) is 11.3 Å². The molecule has 0 fully saturated rings. The zero-order valence-corrected chi connectivity index (χ0v) is 8.54. The van der Waals surface area contributed by atoms with Gasteiger partial charge in [-0.05, 0) is 12.1 Å². The second-order valence-electron chi connectivity index (χ2n) is 3.49. The molecule has 1 aromatic carbocycles. The minimum absolute atomic E-state index is 0.118. The summed E-state index contributed by atoms with van der Waals surface area (Å²) in [6.07, 6.45) is 1.57. The summed E-state index contributed by atoms with van der Waals surface area (Å²) in [7, 11) is 0. The van der Waals surface area contributed by atoms with Crippen LogP contribution in [-0.2, 0) is 0 Å². The van der Waals surface area contributed by atoms with Crippen molar-refractivity contribution >= 4 is 17.0 Å². The molecule has 3 aromatic rings. The highest BCUT2D eigenvalue weighted by Crippen LogP contribution is 2.26. The molecule has 0 saturated heterocycles. The fourth-order valence-corrected chi connectivity index (χ4v) is 1.67. The average Bonchev–Trinajstić information content (AvgIpc) is 2.97. The summed E-state index contributed by atoms with van der Waals surface area (Å²) in [5.74, 6) is -0.727. The predicted octanol–water partition coefficient (Wildman–Crippen LogP) is 1.92. The number of hydrogen-bond acceptors (Lipinski definition) is 4. The summed E-state index contributed by atoms with van der Waals surface area (Å²) in [5.41, 5.74) is 2.17. The highest BCUT2D eigenvalue weighted by atomic mass is 16.5. The van der Waals surface area contributed by atoms with E-state index in [1.165, 1.54) is 6.07 Å². The first kappa shape index (κ1) is 9.59. The number of carbonyl (C=O) groups is 1. The van der Waals surface area contributed by atoms with Crippen molar-refractivity contribution in [2.75, 3.05) is 0 Å². The lowest BCUT2D eigenvalue weighted by atomic mass is 10.1. The van der Waals surface area contributed by atoms with E-state index in [9.17, 15) is 4.79 Å². The van der Waals surface area contributed by atoms with Crippen LogP contribution in [0.3, 0.4) is 0 Å². The summed E-state index contributed by atoms with van der Waals surface area (Å²) in [6, 6.07) is 6.89. The second-order valence-corrected chi connectivity index (χ2v) is 3.49. The molecule has 0 saturated carbocycles. The summed E-state index contributed by atoms with van der Waals surface area (Å²) in [5, 5.41) is 12.2. The number of para-hydroxylation sites is 1. The molecule has 0 aliphatic rings. The highest BCUT2D eigenvalue weighted by Gasteiger charge is 2.14. The molecule has 0 aliphatic heterocycles. The minimum atomic E-state index is -1.12. The molecule has 0 atom stereocenters. The molecule has 2 heterocycles. The number of fused-ring (bicyclic) bond motifs is 1. The third-order valence-electron chi connectivity index (χ3n) is 2.44. The fraction of sp³-hybridized carbons (Fsp3) is 0. The molecule has 0 spiro atoms. The number of aromatic carboxylic acids is 1. The lowest BCUT2D eigenvalue weighted by molar-refractivity contribution is 0.0686. The maximum atomic E-state index is 10.7. The zero-order valence-electron chi connectivity index (χ0n) is 8.54. The van der Waals surface area contributed by atoms with Gasteiger partial charge in [0.25, 0.3) is 0 Å². The zero-order chi connectivity index (χ0) is 11.8. The SMILES string of the molecule is O=C(O)c1cc(-c2cccc3[nH]cnc23)on1. The van der Waals surface area contributed by atoms with E-state index < -0.39 is 5.97 Å². The molecule has 0 amide bonds. The minimum Gasteiger partial charge on any atom is -0.476 e. The number of hydrogen-bond donors (Lipinski definition) is 2. The van der Waals surface area contributed by atoms with Gasteiger partial charge in [0.05, 0.1) is 17.4 Å². The van der Waals surface area contributed by atoms with Crippen molar-refractivity contribution in [3.8, 4) is 11.3 Å². The molecule has 3 rings (SSSR count). The Morgan fingerprint density at radius 1 is 1.41 bits per heavy atom. The van der Waals surface area contributed by atoms with Crippen molar-refractivity contribution in [3.05, 3.63) is 36.3 Å². The molecular weight excluding hydrogens is 222 g/mol. The predicted molar refractivity (Wildman–Crippen MR) is 58.6 cm³/mol. The topological polar surface area (TPSA) is 92.0 Å². The Balaban J connectivity index is 2.19. The summed E-state index contributed by atoms with van der Waals surface area (Å²) in [6.45, 7) is 0. The van der Waals surface area contributed by atoms with Crippen LogP contribution >= 0.6 is 0 Å². The fourth-order valence-electron chi connectivity index (χ4n) is 1.67. The first-order valence-electron chi connectivity index (χ1n) is 4.88. The van der Waals surface area contributed by atoms with Crippen LogP contribution in [0.1, 0.15) is 10.5 Å². The largest absolute Gasteiger partial charge is 0.476 e. The number of rotatable bonds is 2. The molecule has 6 heteroatoms. The van der Waals surface area contributed by atoms with Crippen molar-refractivity contribution in [1.29, 1.82) is 0 Å². The summed E-state index contributed by atoms with van der Waals surface area (Å²) in [4.78, 5) is 17.8. The van der Waals surface area contributed by atoms with Gasteiger partial charge < -0.3 is 14.6 Å². The smallest absolute Gasteiger partial charge is 0.358 e. The van der Waals surface area contributed by atoms with E-state index in [0.717, 1.165) is 11.0 Å². The van der Waals surface area contributed by atoms with Crippen molar-refractivity contribution in [3.63, 3.8) is 0 Å². The van der Waals surface area contributed by atoms with Gasteiger partial charge in [0.15, 0.2) is 11.5 Å². The van der Waals surface area contributed by atoms with Gasteiger partial charge >= 0.3 is 5.97 Å². The standard InChI is InChI=1S/C11H7N3O3/c15-11(16)8-4-9(17-14-8)6-2-1-3-7-10(6)13-5-12-7/h1-5H,(H,12,13)(H,15,16). The number of H-pyrrole nitrogens is 1. The van der Waals surface area contributed by atoms with Crippen LogP contribution < -0.4 is 0 Å². The quantitative estimate of drug-likeness (QED) is 0.700. The van der Waals surface area contributed by atoms with Crippen molar-refractivity contribution in [2.24, 2.45) is 0 Å². The first-order valence-corrected chi connectivity index (χ1v) is 4.88. The summed E-state index contributed by atoms with van der Waals surface area (Å²) < 4.78 is 5.00.